The van der Waals surface area contributed by atoms with Crippen LogP contribution in [0.15, 0.2) is 51.5 Å². The van der Waals surface area contributed by atoms with Crippen molar-refractivity contribution < 1.29 is 19.1 Å². The van der Waals surface area contributed by atoms with Crippen LogP contribution in [0.3, 0.4) is 0 Å². The van der Waals surface area contributed by atoms with Gasteiger partial charge in [-0.3, -0.25) is 4.79 Å². The largest absolute Gasteiger partial charge is 0.462 e. The molecule has 24 heavy (non-hydrogen) atoms. The van der Waals surface area contributed by atoms with Gasteiger partial charge in [-0.1, -0.05) is 34.1 Å². The minimum absolute atomic E-state index is 0.00805. The number of nitrogens with two attached hydrogens (primary N) is 1. The molecule has 0 saturated carbocycles. The van der Waals surface area contributed by atoms with E-state index in [-0.39, 0.29) is 23.8 Å². The summed E-state index contributed by atoms with van der Waals surface area (Å²) in [5.41, 5.74) is 7.55. The number of ether oxygens (including phenoxy) is 2. The Kier molecular flexibility index (Phi) is 4.76. The van der Waals surface area contributed by atoms with Crippen LogP contribution in [-0.2, 0) is 19.1 Å². The molecule has 6 heteroatoms. The molecule has 0 amide bonds. The lowest BCUT2D eigenvalue weighted by molar-refractivity contribution is -0.139. The smallest absolute Gasteiger partial charge is 0.340 e. The maximum atomic E-state index is 12.6. The quantitative estimate of drug-likeness (QED) is 0.799. The number of hydrogen-bond donors (Lipinski definition) is 1. The predicted octanol–water partition coefficient (Wildman–Crippen LogP) is 3.30. The first-order valence-corrected chi connectivity index (χ1v) is 8.69. The van der Waals surface area contributed by atoms with Crippen molar-refractivity contribution in [3.8, 4) is 0 Å². The summed E-state index contributed by atoms with van der Waals surface area (Å²) >= 11 is 3.51. The molecule has 1 aromatic carbocycles. The van der Waals surface area contributed by atoms with Crippen molar-refractivity contribution in [1.29, 1.82) is 0 Å². The lowest BCUT2D eigenvalue weighted by atomic mass is 9.77. The summed E-state index contributed by atoms with van der Waals surface area (Å²) in [6.45, 7) is 1.94. The Hall–Kier alpha value is -2.08. The highest BCUT2D eigenvalue weighted by Gasteiger charge is 2.41. The van der Waals surface area contributed by atoms with Crippen LogP contribution in [0.5, 0.6) is 0 Å². The molecule has 126 valence electrons. The molecule has 3 rings (SSSR count). The van der Waals surface area contributed by atoms with Crippen LogP contribution in [0.25, 0.3) is 0 Å². The Bertz CT molecular complexity index is 766. The lowest BCUT2D eigenvalue weighted by Crippen LogP contribution is -2.31. The monoisotopic (exact) mass is 391 g/mol. The molecule has 1 aromatic rings. The van der Waals surface area contributed by atoms with E-state index in [9.17, 15) is 9.59 Å². The number of rotatable bonds is 3. The summed E-state index contributed by atoms with van der Waals surface area (Å²) in [5, 5.41) is 0. The van der Waals surface area contributed by atoms with Crippen molar-refractivity contribution >= 4 is 27.7 Å². The molecule has 0 spiro atoms. The van der Waals surface area contributed by atoms with E-state index in [1.165, 1.54) is 0 Å². The fraction of sp³-hybridized carbons (Fsp3) is 0.333. The molecule has 2 N–H and O–H groups in total. The van der Waals surface area contributed by atoms with E-state index in [2.05, 4.69) is 15.9 Å². The molecule has 0 saturated heterocycles. The summed E-state index contributed by atoms with van der Waals surface area (Å²) in [7, 11) is 0. The van der Waals surface area contributed by atoms with Crippen molar-refractivity contribution in [3.05, 3.63) is 57.1 Å². The maximum Gasteiger partial charge on any atom is 0.340 e. The van der Waals surface area contributed by atoms with Crippen molar-refractivity contribution in [2.24, 2.45) is 5.73 Å². The van der Waals surface area contributed by atoms with E-state index < -0.39 is 11.9 Å². The number of allylic oxidation sites excluding steroid dienone is 2. The fourth-order valence-corrected chi connectivity index (χ4v) is 3.70. The van der Waals surface area contributed by atoms with Gasteiger partial charge in [0.15, 0.2) is 5.78 Å². The molecule has 0 fully saturated rings. The number of Topliss-reactive ketones (excluding diaryl/α,β-unsaturated/α-hetero) is 1. The third-order valence-electron chi connectivity index (χ3n) is 4.20. The van der Waals surface area contributed by atoms with E-state index >= 15 is 0 Å². The molecular formula is C18H18BrNO4. The van der Waals surface area contributed by atoms with Gasteiger partial charge in [0.2, 0.25) is 5.88 Å². The standard InChI is InChI=1S/C18H18BrNO4/c1-2-23-18(22)16-14(10-6-3-4-7-11(10)19)15-12(21)8-5-9-13(15)24-17(16)20/h3-4,6-7,14H,2,5,8-9,20H2,1H3. The Morgan fingerprint density at radius 1 is 1.38 bits per heavy atom. The number of halogens is 1. The van der Waals surface area contributed by atoms with Gasteiger partial charge in [0.1, 0.15) is 11.3 Å². The van der Waals surface area contributed by atoms with Crippen LogP contribution < -0.4 is 5.73 Å². The van der Waals surface area contributed by atoms with Gasteiger partial charge in [-0.15, -0.1) is 0 Å². The summed E-state index contributed by atoms with van der Waals surface area (Å²) in [6.07, 6.45) is 1.81. The van der Waals surface area contributed by atoms with Crippen molar-refractivity contribution in [2.75, 3.05) is 6.61 Å². The van der Waals surface area contributed by atoms with E-state index in [0.717, 1.165) is 16.5 Å². The highest BCUT2D eigenvalue weighted by atomic mass is 79.9. The van der Waals surface area contributed by atoms with E-state index in [0.29, 0.717) is 24.2 Å². The first kappa shape index (κ1) is 16.8. The molecule has 0 bridgehead atoms. The topological polar surface area (TPSA) is 78.6 Å². The second kappa shape index (κ2) is 6.81. The van der Waals surface area contributed by atoms with Gasteiger partial charge in [-0.2, -0.15) is 0 Å². The molecule has 1 aliphatic carbocycles. The van der Waals surface area contributed by atoms with Gasteiger partial charge in [0, 0.05) is 22.9 Å². The molecule has 2 aliphatic rings. The zero-order valence-electron chi connectivity index (χ0n) is 13.3. The number of esters is 1. The highest BCUT2D eigenvalue weighted by molar-refractivity contribution is 9.10. The zero-order chi connectivity index (χ0) is 17.3. The molecule has 1 aliphatic heterocycles. The van der Waals surface area contributed by atoms with Crippen molar-refractivity contribution in [2.45, 2.75) is 32.1 Å². The van der Waals surface area contributed by atoms with Crippen LogP contribution in [0.1, 0.15) is 37.7 Å². The van der Waals surface area contributed by atoms with Gasteiger partial charge in [0.25, 0.3) is 0 Å². The first-order valence-electron chi connectivity index (χ1n) is 7.89. The van der Waals surface area contributed by atoms with Gasteiger partial charge in [-0.25, -0.2) is 4.79 Å². The Balaban J connectivity index is 2.19. The average Bonchev–Trinajstić information content (AvgIpc) is 2.54. The Morgan fingerprint density at radius 3 is 2.83 bits per heavy atom. The van der Waals surface area contributed by atoms with Gasteiger partial charge >= 0.3 is 5.97 Å². The number of carbonyl (C=O) groups is 2. The normalized spacial score (nSPS) is 20.6. The van der Waals surface area contributed by atoms with Crippen LogP contribution >= 0.6 is 15.9 Å². The van der Waals surface area contributed by atoms with E-state index in [1.807, 2.05) is 24.3 Å². The van der Waals surface area contributed by atoms with Crippen LogP contribution in [-0.4, -0.2) is 18.4 Å². The Labute approximate surface area is 148 Å². The molecule has 1 unspecified atom stereocenters. The zero-order valence-corrected chi connectivity index (χ0v) is 14.9. The summed E-state index contributed by atoms with van der Waals surface area (Å²) in [4.78, 5) is 25.1. The van der Waals surface area contributed by atoms with E-state index in [1.54, 1.807) is 6.92 Å². The average molecular weight is 392 g/mol. The number of hydrogen-bond acceptors (Lipinski definition) is 5. The lowest BCUT2D eigenvalue weighted by Gasteiger charge is -2.32. The van der Waals surface area contributed by atoms with Gasteiger partial charge in [0.05, 0.1) is 12.5 Å². The maximum absolute atomic E-state index is 12.6. The second-order valence-electron chi connectivity index (χ2n) is 5.67. The molecule has 1 atom stereocenters. The minimum Gasteiger partial charge on any atom is -0.462 e. The van der Waals surface area contributed by atoms with Crippen LogP contribution in [0.2, 0.25) is 0 Å². The predicted molar refractivity (Wildman–Crippen MR) is 91.7 cm³/mol. The first-order chi connectivity index (χ1) is 11.5. The Morgan fingerprint density at radius 2 is 2.12 bits per heavy atom. The third-order valence-corrected chi connectivity index (χ3v) is 4.92. The van der Waals surface area contributed by atoms with Gasteiger partial charge in [-0.05, 0) is 25.0 Å². The molecule has 0 radical (unpaired) electrons. The number of benzene rings is 1. The highest BCUT2D eigenvalue weighted by Crippen LogP contribution is 2.45. The van der Waals surface area contributed by atoms with Crippen molar-refractivity contribution in [3.63, 3.8) is 0 Å². The molecular weight excluding hydrogens is 374 g/mol. The third kappa shape index (κ3) is 2.86. The van der Waals surface area contributed by atoms with Gasteiger partial charge < -0.3 is 15.2 Å². The minimum atomic E-state index is -0.573. The number of ketones is 1. The summed E-state index contributed by atoms with van der Waals surface area (Å²) in [5.74, 6) is -0.552. The fourth-order valence-electron chi connectivity index (χ4n) is 3.18. The molecule has 5 nitrogen and oxygen atoms in total. The van der Waals surface area contributed by atoms with Crippen LogP contribution in [0.4, 0.5) is 0 Å². The second-order valence-corrected chi connectivity index (χ2v) is 6.52. The van der Waals surface area contributed by atoms with E-state index in [4.69, 9.17) is 15.2 Å². The number of carbonyl (C=O) groups excluding carboxylic acids is 2. The summed E-state index contributed by atoms with van der Waals surface area (Å²) < 4.78 is 11.6. The molecule has 0 aromatic heterocycles. The molecule has 1 heterocycles. The summed E-state index contributed by atoms with van der Waals surface area (Å²) in [6, 6.07) is 7.49. The van der Waals surface area contributed by atoms with Crippen LogP contribution in [0, 0.1) is 0 Å². The van der Waals surface area contributed by atoms with Crippen molar-refractivity contribution in [1.82, 2.24) is 0 Å². The SMILES string of the molecule is CCOC(=O)C1=C(N)OC2=C(C(=O)CCC2)C1c1ccccc1Br.